The summed E-state index contributed by atoms with van der Waals surface area (Å²) in [6.07, 6.45) is 0. The molecule has 0 fully saturated rings. The van der Waals surface area contributed by atoms with Gasteiger partial charge < -0.3 is 4.74 Å². The molecule has 5 heteroatoms. The van der Waals surface area contributed by atoms with Crippen molar-refractivity contribution in [2.45, 2.75) is 13.5 Å². The molecule has 18 heavy (non-hydrogen) atoms. The molecular weight excluding hydrogens is 233 g/mol. The lowest BCUT2D eigenvalue weighted by molar-refractivity contribution is 0.292. The molecule has 0 radical (unpaired) electrons. The Morgan fingerprint density at radius 2 is 2.28 bits per heavy atom. The number of hydrogen-bond donors (Lipinski definition) is 0. The van der Waals surface area contributed by atoms with Crippen LogP contribution in [-0.4, -0.2) is 9.78 Å². The van der Waals surface area contributed by atoms with Gasteiger partial charge in [-0.15, -0.1) is 0 Å². The number of nitriles is 1. The first-order chi connectivity index (χ1) is 8.61. The minimum Gasteiger partial charge on any atom is -0.486 e. The first-order valence-electron chi connectivity index (χ1n) is 5.42. The van der Waals surface area contributed by atoms with Crippen molar-refractivity contribution in [2.24, 2.45) is 7.05 Å². The van der Waals surface area contributed by atoms with E-state index in [1.807, 2.05) is 20.0 Å². The Bertz CT molecular complexity index is 613. The minimum absolute atomic E-state index is 0.0728. The number of halogens is 1. The Morgan fingerprint density at radius 1 is 1.50 bits per heavy atom. The third-order valence-corrected chi connectivity index (χ3v) is 2.56. The topological polar surface area (TPSA) is 50.8 Å². The maximum Gasteiger partial charge on any atom is 0.144 e. The van der Waals surface area contributed by atoms with Crippen LogP contribution in [0.3, 0.4) is 0 Å². The fourth-order valence-corrected chi connectivity index (χ4v) is 1.68. The number of benzene rings is 1. The molecule has 1 aromatic heterocycles. The lowest BCUT2D eigenvalue weighted by atomic mass is 10.2. The maximum absolute atomic E-state index is 13.3. The van der Waals surface area contributed by atoms with Crippen molar-refractivity contribution in [3.63, 3.8) is 0 Å². The highest BCUT2D eigenvalue weighted by Crippen LogP contribution is 2.21. The summed E-state index contributed by atoms with van der Waals surface area (Å²) in [7, 11) is 1.81. The molecule has 0 aliphatic heterocycles. The molecule has 0 atom stereocenters. The van der Waals surface area contributed by atoms with Crippen LogP contribution < -0.4 is 4.74 Å². The Morgan fingerprint density at radius 3 is 2.89 bits per heavy atom. The van der Waals surface area contributed by atoms with Crippen LogP contribution in [0, 0.1) is 24.1 Å². The average Bonchev–Trinajstić information content (AvgIpc) is 2.65. The summed E-state index contributed by atoms with van der Waals surface area (Å²) in [4.78, 5) is 0. The van der Waals surface area contributed by atoms with Gasteiger partial charge in [-0.25, -0.2) is 4.39 Å². The van der Waals surface area contributed by atoms with Crippen molar-refractivity contribution in [1.29, 1.82) is 5.26 Å². The van der Waals surface area contributed by atoms with Gasteiger partial charge >= 0.3 is 0 Å². The van der Waals surface area contributed by atoms with Crippen LogP contribution in [0.4, 0.5) is 4.39 Å². The van der Waals surface area contributed by atoms with Crippen LogP contribution in [0.5, 0.6) is 5.75 Å². The van der Waals surface area contributed by atoms with Gasteiger partial charge in [-0.3, -0.25) is 4.68 Å². The van der Waals surface area contributed by atoms with E-state index in [-0.39, 0.29) is 17.9 Å². The monoisotopic (exact) mass is 245 g/mol. The van der Waals surface area contributed by atoms with E-state index in [2.05, 4.69) is 5.10 Å². The molecule has 2 aromatic rings. The molecule has 0 amide bonds. The molecule has 1 heterocycles. The van der Waals surface area contributed by atoms with Gasteiger partial charge in [0.05, 0.1) is 11.4 Å². The van der Waals surface area contributed by atoms with Crippen molar-refractivity contribution >= 4 is 0 Å². The van der Waals surface area contributed by atoms with Crippen LogP contribution in [0.15, 0.2) is 24.3 Å². The third kappa shape index (κ3) is 2.33. The van der Waals surface area contributed by atoms with Crippen molar-refractivity contribution in [2.75, 3.05) is 0 Å². The van der Waals surface area contributed by atoms with Crippen LogP contribution in [-0.2, 0) is 13.7 Å². The molecule has 0 aliphatic rings. The van der Waals surface area contributed by atoms with E-state index in [1.54, 1.807) is 16.8 Å². The van der Waals surface area contributed by atoms with E-state index in [0.717, 1.165) is 11.4 Å². The molecule has 1 aromatic carbocycles. The third-order valence-electron chi connectivity index (χ3n) is 2.56. The molecule has 2 rings (SSSR count). The lowest BCUT2D eigenvalue weighted by Gasteiger charge is -2.08. The number of ether oxygens (including phenoxy) is 1. The van der Waals surface area contributed by atoms with Gasteiger partial charge in [0.1, 0.15) is 29.8 Å². The van der Waals surface area contributed by atoms with E-state index in [9.17, 15) is 4.39 Å². The number of aryl methyl sites for hydroxylation is 2. The normalized spacial score (nSPS) is 10.1. The van der Waals surface area contributed by atoms with Gasteiger partial charge in [0, 0.05) is 7.05 Å². The first-order valence-corrected chi connectivity index (χ1v) is 5.42. The summed E-state index contributed by atoms with van der Waals surface area (Å²) >= 11 is 0. The largest absolute Gasteiger partial charge is 0.486 e. The summed E-state index contributed by atoms with van der Waals surface area (Å²) in [6.45, 7) is 2.13. The van der Waals surface area contributed by atoms with Crippen molar-refractivity contribution in [3.05, 3.63) is 47.0 Å². The second-order valence-corrected chi connectivity index (χ2v) is 3.91. The molecule has 0 unspecified atom stereocenters. The predicted molar refractivity (Wildman–Crippen MR) is 63.4 cm³/mol. The summed E-state index contributed by atoms with van der Waals surface area (Å²) < 4.78 is 20.5. The van der Waals surface area contributed by atoms with E-state index in [1.165, 1.54) is 12.1 Å². The molecule has 0 saturated carbocycles. The molecule has 0 N–H and O–H groups in total. The predicted octanol–water partition coefficient (Wildman–Crippen LogP) is 2.32. The summed E-state index contributed by atoms with van der Waals surface area (Å²) in [6, 6.07) is 8.00. The van der Waals surface area contributed by atoms with E-state index < -0.39 is 5.82 Å². The lowest BCUT2D eigenvalue weighted by Crippen LogP contribution is -2.04. The standard InChI is InChI=1S/C13H12FN3O/c1-9-6-10(17(2)16-9)8-18-13-5-3-4-12(14)11(13)7-15/h3-6H,8H2,1-2H3. The molecular formula is C13H12FN3O. The van der Waals surface area contributed by atoms with Crippen LogP contribution in [0.2, 0.25) is 0 Å². The van der Waals surface area contributed by atoms with Gasteiger partial charge in [-0.2, -0.15) is 10.4 Å². The van der Waals surface area contributed by atoms with Gasteiger partial charge in [0.25, 0.3) is 0 Å². The fourth-order valence-electron chi connectivity index (χ4n) is 1.68. The number of nitrogens with zero attached hydrogens (tertiary/aromatic N) is 3. The maximum atomic E-state index is 13.3. The quantitative estimate of drug-likeness (QED) is 0.833. The van der Waals surface area contributed by atoms with Gasteiger partial charge in [-0.1, -0.05) is 6.07 Å². The highest BCUT2D eigenvalue weighted by Gasteiger charge is 2.10. The van der Waals surface area contributed by atoms with Gasteiger partial charge in [0.15, 0.2) is 0 Å². The zero-order chi connectivity index (χ0) is 13.1. The number of hydrogen-bond acceptors (Lipinski definition) is 3. The van der Waals surface area contributed by atoms with E-state index in [4.69, 9.17) is 10.00 Å². The van der Waals surface area contributed by atoms with Crippen LogP contribution in [0.25, 0.3) is 0 Å². The highest BCUT2D eigenvalue weighted by molar-refractivity contribution is 5.43. The zero-order valence-corrected chi connectivity index (χ0v) is 10.1. The van der Waals surface area contributed by atoms with Gasteiger partial charge in [-0.05, 0) is 25.1 Å². The molecule has 0 saturated heterocycles. The molecule has 4 nitrogen and oxygen atoms in total. The summed E-state index contributed by atoms with van der Waals surface area (Å²) in [5.41, 5.74) is 1.67. The first kappa shape index (κ1) is 12.1. The number of rotatable bonds is 3. The molecule has 0 bridgehead atoms. The zero-order valence-electron chi connectivity index (χ0n) is 10.1. The Labute approximate surface area is 104 Å². The Kier molecular flexibility index (Phi) is 3.28. The molecule has 0 aliphatic carbocycles. The summed E-state index contributed by atoms with van der Waals surface area (Å²) in [5.74, 6) is -0.326. The average molecular weight is 245 g/mol. The number of aromatic nitrogens is 2. The van der Waals surface area contributed by atoms with Gasteiger partial charge in [0.2, 0.25) is 0 Å². The van der Waals surface area contributed by atoms with E-state index in [0.29, 0.717) is 0 Å². The fraction of sp³-hybridized carbons (Fsp3) is 0.231. The van der Waals surface area contributed by atoms with Crippen LogP contribution >= 0.6 is 0 Å². The van der Waals surface area contributed by atoms with Crippen molar-refractivity contribution in [1.82, 2.24) is 9.78 Å². The smallest absolute Gasteiger partial charge is 0.144 e. The SMILES string of the molecule is Cc1cc(COc2cccc(F)c2C#N)n(C)n1. The van der Waals surface area contributed by atoms with Crippen molar-refractivity contribution in [3.8, 4) is 11.8 Å². The second-order valence-electron chi connectivity index (χ2n) is 3.91. The second kappa shape index (κ2) is 4.88. The summed E-state index contributed by atoms with van der Waals surface area (Å²) in [5, 5.41) is 13.0. The minimum atomic E-state index is -0.573. The molecule has 92 valence electrons. The highest BCUT2D eigenvalue weighted by atomic mass is 19.1. The van der Waals surface area contributed by atoms with Crippen LogP contribution in [0.1, 0.15) is 17.0 Å². The Hall–Kier alpha value is -2.35. The molecule has 0 spiro atoms. The Balaban J connectivity index is 2.19. The van der Waals surface area contributed by atoms with Crippen molar-refractivity contribution < 1.29 is 9.13 Å². The van der Waals surface area contributed by atoms with E-state index >= 15 is 0 Å².